The lowest BCUT2D eigenvalue weighted by Crippen LogP contribution is -2.44. The molecule has 2 saturated heterocycles. The Morgan fingerprint density at radius 2 is 1.81 bits per heavy atom. The first-order chi connectivity index (χ1) is 22.4. The summed E-state index contributed by atoms with van der Waals surface area (Å²) in [6, 6.07) is 14.4. The summed E-state index contributed by atoms with van der Waals surface area (Å²) >= 11 is 0. The maximum absolute atomic E-state index is 15.4. The van der Waals surface area contributed by atoms with Gasteiger partial charge in [0.05, 0.1) is 29.6 Å². The highest BCUT2D eigenvalue weighted by atomic mass is 19.1. The topological polar surface area (TPSA) is 134 Å². The molecule has 13 heteroatoms. The number of aliphatic hydroxyl groups is 1. The van der Waals surface area contributed by atoms with E-state index in [1.807, 2.05) is 26.8 Å². The molecule has 5 aromatic rings. The second-order valence-electron chi connectivity index (χ2n) is 13.4. The van der Waals surface area contributed by atoms with Crippen LogP contribution in [0.15, 0.2) is 64.3 Å². The highest BCUT2D eigenvalue weighted by Gasteiger charge is 2.42. The number of aromatic nitrogens is 6. The van der Waals surface area contributed by atoms with E-state index in [0.717, 1.165) is 35.6 Å². The van der Waals surface area contributed by atoms with Gasteiger partial charge in [0.1, 0.15) is 11.5 Å². The van der Waals surface area contributed by atoms with E-state index in [1.165, 1.54) is 24.0 Å². The highest BCUT2D eigenvalue weighted by Crippen LogP contribution is 2.33. The molecule has 2 unspecified atom stereocenters. The molecule has 2 atom stereocenters. The average Bonchev–Trinajstić information content (AvgIpc) is 3.62. The van der Waals surface area contributed by atoms with E-state index in [1.54, 1.807) is 36.4 Å². The molecule has 0 saturated carbocycles. The largest absolute Gasteiger partial charge is 0.392 e. The Morgan fingerprint density at radius 1 is 1.00 bits per heavy atom. The van der Waals surface area contributed by atoms with Gasteiger partial charge in [-0.05, 0) is 60.8 Å². The fourth-order valence-corrected chi connectivity index (χ4v) is 6.68. The predicted molar refractivity (Wildman–Crippen MR) is 178 cm³/mol. The molecule has 242 valence electrons. The molecule has 5 heterocycles. The standard InChI is InChI=1S/C34H36FN9O3/c1-34(2,3)20-11-19-15-36-44(33(47)31(19)25(35)12-20)28-8-6-7-23(24(28)18-45)26-14-27(32(46)42(5)40-26)37-29-9-10-30(39-38-29)43-17-21-13-22(43)16-41(21)4/h6-12,14-15,21-22,45H,13,16-18H2,1-5H3,(H,37,38). The lowest BCUT2D eigenvalue weighted by atomic mass is 9.86. The van der Waals surface area contributed by atoms with Crippen molar-refractivity contribution in [2.45, 2.75) is 51.3 Å². The van der Waals surface area contributed by atoms with Gasteiger partial charge in [-0.3, -0.25) is 14.5 Å². The van der Waals surface area contributed by atoms with Crippen LogP contribution in [0.1, 0.15) is 38.3 Å². The van der Waals surface area contributed by atoms with Crippen LogP contribution in [0.3, 0.4) is 0 Å². The highest BCUT2D eigenvalue weighted by molar-refractivity contribution is 5.83. The van der Waals surface area contributed by atoms with Crippen molar-refractivity contribution in [2.75, 3.05) is 30.4 Å². The quantitative estimate of drug-likeness (QED) is 0.285. The number of benzene rings is 2. The Bertz CT molecular complexity index is 2140. The molecule has 0 amide bonds. The molecule has 2 aliphatic rings. The summed E-state index contributed by atoms with van der Waals surface area (Å²) in [5, 5.41) is 31.5. The molecule has 47 heavy (non-hydrogen) atoms. The molecule has 3 aromatic heterocycles. The van der Waals surface area contributed by atoms with E-state index in [-0.39, 0.29) is 22.2 Å². The lowest BCUT2D eigenvalue weighted by Gasteiger charge is -2.32. The van der Waals surface area contributed by atoms with Crippen LogP contribution in [0, 0.1) is 5.82 Å². The maximum Gasteiger partial charge on any atom is 0.290 e. The van der Waals surface area contributed by atoms with Crippen molar-refractivity contribution in [2.24, 2.45) is 7.05 Å². The van der Waals surface area contributed by atoms with Gasteiger partial charge in [-0.25, -0.2) is 9.07 Å². The Labute approximate surface area is 270 Å². The first-order valence-electron chi connectivity index (χ1n) is 15.5. The van der Waals surface area contributed by atoms with E-state index >= 15 is 4.39 Å². The van der Waals surface area contributed by atoms with Crippen LogP contribution in [-0.4, -0.2) is 72.0 Å². The molecule has 2 aliphatic heterocycles. The van der Waals surface area contributed by atoms with Gasteiger partial charge in [-0.2, -0.15) is 14.9 Å². The Kier molecular flexibility index (Phi) is 7.40. The molecule has 2 N–H and O–H groups in total. The number of halogens is 1. The lowest BCUT2D eigenvalue weighted by molar-refractivity contribution is 0.281. The van der Waals surface area contributed by atoms with Crippen molar-refractivity contribution in [3.05, 3.63) is 92.4 Å². The van der Waals surface area contributed by atoms with Gasteiger partial charge >= 0.3 is 0 Å². The van der Waals surface area contributed by atoms with Crippen molar-refractivity contribution in [1.29, 1.82) is 0 Å². The van der Waals surface area contributed by atoms with Gasteiger partial charge in [0.15, 0.2) is 11.6 Å². The summed E-state index contributed by atoms with van der Waals surface area (Å²) in [5.74, 6) is 0.558. The molecule has 2 aromatic carbocycles. The molecule has 2 fully saturated rings. The number of aryl methyl sites for hydroxylation is 1. The molecule has 0 spiro atoms. The number of nitrogens with one attached hydrogen (secondary N) is 1. The van der Waals surface area contributed by atoms with Crippen LogP contribution in [0.5, 0.6) is 0 Å². The molecule has 7 rings (SSSR count). The van der Waals surface area contributed by atoms with Crippen molar-refractivity contribution >= 4 is 28.1 Å². The van der Waals surface area contributed by atoms with Crippen molar-refractivity contribution in [3.8, 4) is 16.9 Å². The number of aliphatic hydroxyl groups excluding tert-OH is 1. The van der Waals surface area contributed by atoms with Gasteiger partial charge in [-0.1, -0.05) is 32.9 Å². The van der Waals surface area contributed by atoms with Gasteiger partial charge < -0.3 is 15.3 Å². The normalized spacial score (nSPS) is 18.0. The van der Waals surface area contributed by atoms with Crippen LogP contribution < -0.4 is 21.3 Å². The van der Waals surface area contributed by atoms with Crippen LogP contribution >= 0.6 is 0 Å². The molecule has 2 bridgehead atoms. The third kappa shape index (κ3) is 5.34. The van der Waals surface area contributed by atoms with Gasteiger partial charge in [0, 0.05) is 48.7 Å². The fourth-order valence-electron chi connectivity index (χ4n) is 6.68. The van der Waals surface area contributed by atoms with E-state index in [2.05, 4.69) is 42.6 Å². The minimum atomic E-state index is -0.654. The summed E-state index contributed by atoms with van der Waals surface area (Å²) in [4.78, 5) is 31.4. The molecule has 0 aliphatic carbocycles. The number of hydrogen-bond acceptors (Lipinski definition) is 10. The van der Waals surface area contributed by atoms with Gasteiger partial charge in [-0.15, -0.1) is 10.2 Å². The second kappa shape index (κ2) is 11.4. The summed E-state index contributed by atoms with van der Waals surface area (Å²) < 4.78 is 17.6. The van der Waals surface area contributed by atoms with Crippen LogP contribution in [0.4, 0.5) is 21.7 Å². The zero-order valence-electron chi connectivity index (χ0n) is 26.9. The number of nitrogens with zero attached hydrogens (tertiary/aromatic N) is 8. The van der Waals surface area contributed by atoms with Crippen LogP contribution in [0.2, 0.25) is 0 Å². The van der Waals surface area contributed by atoms with E-state index < -0.39 is 23.5 Å². The Hall–Kier alpha value is -5.01. The number of likely N-dealkylation sites (tertiary alicyclic amines) is 1. The Morgan fingerprint density at radius 3 is 2.47 bits per heavy atom. The number of piperazine rings is 1. The molecular weight excluding hydrogens is 601 g/mol. The summed E-state index contributed by atoms with van der Waals surface area (Å²) in [6.45, 7) is 7.34. The van der Waals surface area contributed by atoms with E-state index in [9.17, 15) is 14.7 Å². The fraction of sp³-hybridized carbons (Fsp3) is 0.353. The van der Waals surface area contributed by atoms with E-state index in [0.29, 0.717) is 40.1 Å². The smallest absolute Gasteiger partial charge is 0.290 e. The minimum absolute atomic E-state index is 0.0919. The third-order valence-electron chi connectivity index (χ3n) is 9.30. The second-order valence-corrected chi connectivity index (χ2v) is 13.4. The summed E-state index contributed by atoms with van der Waals surface area (Å²) in [6.07, 6.45) is 2.57. The zero-order chi connectivity index (χ0) is 33.2. The third-order valence-corrected chi connectivity index (χ3v) is 9.30. The maximum atomic E-state index is 15.4. The van der Waals surface area contributed by atoms with Crippen molar-refractivity contribution in [3.63, 3.8) is 0 Å². The monoisotopic (exact) mass is 637 g/mol. The first-order valence-corrected chi connectivity index (χ1v) is 15.5. The van der Waals surface area contributed by atoms with Gasteiger partial charge in [0.2, 0.25) is 0 Å². The Balaban J connectivity index is 1.23. The number of likely N-dealkylation sites (N-methyl/N-ethyl adjacent to an activating group) is 1. The van der Waals surface area contributed by atoms with Gasteiger partial charge in [0.25, 0.3) is 11.1 Å². The zero-order valence-corrected chi connectivity index (χ0v) is 26.9. The number of hydrogen-bond donors (Lipinski definition) is 2. The summed E-state index contributed by atoms with van der Waals surface area (Å²) in [7, 11) is 3.67. The molecule has 12 nitrogen and oxygen atoms in total. The molecular formula is C34H36FN9O3. The van der Waals surface area contributed by atoms with Crippen molar-refractivity contribution < 1.29 is 9.50 Å². The first kappa shape index (κ1) is 30.6. The number of fused-ring (bicyclic) bond motifs is 3. The van der Waals surface area contributed by atoms with Crippen molar-refractivity contribution in [1.82, 2.24) is 34.7 Å². The molecule has 0 radical (unpaired) electrons. The minimum Gasteiger partial charge on any atom is -0.392 e. The SMILES string of the molecule is CN1CC2CC1CN2c1ccc(Nc2cc(-c3cccc(-n4ncc5cc(C(C)(C)C)cc(F)c5c4=O)c3CO)nn(C)c2=O)nn1. The number of anilines is 3. The van der Waals surface area contributed by atoms with Crippen LogP contribution in [0.25, 0.3) is 27.7 Å². The number of rotatable bonds is 6. The summed E-state index contributed by atoms with van der Waals surface area (Å²) in [5.41, 5.74) is 1.02. The average molecular weight is 638 g/mol. The van der Waals surface area contributed by atoms with Crippen LogP contribution in [-0.2, 0) is 19.1 Å². The van der Waals surface area contributed by atoms with E-state index in [4.69, 9.17) is 0 Å². The predicted octanol–water partition coefficient (Wildman–Crippen LogP) is 3.50.